The van der Waals surface area contributed by atoms with Gasteiger partial charge in [0, 0.05) is 12.5 Å². The molecule has 0 aliphatic carbocycles. The Hall–Kier alpha value is -1.97. The van der Waals surface area contributed by atoms with Gasteiger partial charge in [0.05, 0.1) is 20.6 Å². The van der Waals surface area contributed by atoms with Crippen LogP contribution in [0.15, 0.2) is 30.9 Å². The molecule has 1 rings (SSSR count). The Morgan fingerprint density at radius 1 is 1.26 bits per heavy atom. The average Bonchev–Trinajstić information content (AvgIpc) is 2.38. The molecule has 0 heterocycles. The summed E-state index contributed by atoms with van der Waals surface area (Å²) in [6, 6.07) is 5.35. The highest BCUT2D eigenvalue weighted by Gasteiger charge is 2.11. The topological polar surface area (TPSA) is 44.8 Å². The number of esters is 1. The maximum atomic E-state index is 11.8. The lowest BCUT2D eigenvalue weighted by atomic mass is 10.1. The van der Waals surface area contributed by atoms with Crippen LogP contribution in [0.3, 0.4) is 0 Å². The minimum absolute atomic E-state index is 0.155. The van der Waals surface area contributed by atoms with Crippen molar-refractivity contribution in [3.63, 3.8) is 0 Å². The minimum atomic E-state index is -0.273. The fourth-order valence-electron chi connectivity index (χ4n) is 1.68. The molecular weight excluding hydrogens is 244 g/mol. The van der Waals surface area contributed by atoms with Gasteiger partial charge in [0.15, 0.2) is 0 Å². The molecule has 104 valence electrons. The van der Waals surface area contributed by atoms with E-state index in [1.54, 1.807) is 38.5 Å². The number of carbonyl (C=O) groups is 1. The monoisotopic (exact) mass is 264 g/mol. The van der Waals surface area contributed by atoms with Gasteiger partial charge >= 0.3 is 5.97 Å². The summed E-state index contributed by atoms with van der Waals surface area (Å²) in [6.07, 6.45) is 2.41. The molecule has 0 aliphatic heterocycles. The molecule has 4 nitrogen and oxygen atoms in total. The van der Waals surface area contributed by atoms with Gasteiger partial charge in [-0.2, -0.15) is 0 Å². The molecule has 19 heavy (non-hydrogen) atoms. The summed E-state index contributed by atoms with van der Waals surface area (Å²) in [5.41, 5.74) is 0.798. The molecule has 0 saturated carbocycles. The van der Waals surface area contributed by atoms with Gasteiger partial charge in [-0.1, -0.05) is 6.08 Å². The van der Waals surface area contributed by atoms with Crippen LogP contribution >= 0.6 is 0 Å². The van der Waals surface area contributed by atoms with Crippen molar-refractivity contribution < 1.29 is 19.0 Å². The molecule has 0 radical (unpaired) electrons. The Kier molecular flexibility index (Phi) is 5.93. The van der Waals surface area contributed by atoms with Gasteiger partial charge in [-0.3, -0.25) is 4.79 Å². The number of hydrogen-bond acceptors (Lipinski definition) is 4. The van der Waals surface area contributed by atoms with E-state index in [1.807, 2.05) is 6.92 Å². The Morgan fingerprint density at radius 3 is 2.32 bits per heavy atom. The lowest BCUT2D eigenvalue weighted by Crippen LogP contribution is -2.16. The van der Waals surface area contributed by atoms with Crippen LogP contribution in [0.4, 0.5) is 0 Å². The third kappa shape index (κ3) is 5.04. The molecule has 0 spiro atoms. The average molecular weight is 264 g/mol. The highest BCUT2D eigenvalue weighted by Crippen LogP contribution is 2.23. The van der Waals surface area contributed by atoms with Crippen LogP contribution in [0.5, 0.6) is 11.5 Å². The van der Waals surface area contributed by atoms with E-state index in [-0.39, 0.29) is 18.5 Å². The second-order valence-corrected chi connectivity index (χ2v) is 4.22. The third-order valence-electron chi connectivity index (χ3n) is 2.59. The van der Waals surface area contributed by atoms with E-state index < -0.39 is 0 Å². The predicted octanol–water partition coefficient (Wildman–Crippen LogP) is 2.75. The first kappa shape index (κ1) is 15.1. The van der Waals surface area contributed by atoms with Crippen LogP contribution in [0.1, 0.15) is 18.9 Å². The maximum absolute atomic E-state index is 11.8. The highest BCUT2D eigenvalue weighted by molar-refractivity contribution is 5.73. The van der Waals surface area contributed by atoms with Gasteiger partial charge in [0.25, 0.3) is 0 Å². The van der Waals surface area contributed by atoms with Crippen molar-refractivity contribution in [1.82, 2.24) is 0 Å². The summed E-state index contributed by atoms with van der Waals surface area (Å²) in [7, 11) is 3.14. The number of carbonyl (C=O) groups excluding carboxylic acids is 1. The van der Waals surface area contributed by atoms with E-state index in [9.17, 15) is 4.79 Å². The highest BCUT2D eigenvalue weighted by atomic mass is 16.5. The van der Waals surface area contributed by atoms with Gasteiger partial charge in [0.1, 0.15) is 17.6 Å². The number of benzene rings is 1. The first-order chi connectivity index (χ1) is 9.08. The zero-order chi connectivity index (χ0) is 14.3. The van der Waals surface area contributed by atoms with E-state index in [0.29, 0.717) is 17.9 Å². The molecule has 1 atom stereocenters. The van der Waals surface area contributed by atoms with Gasteiger partial charge in [-0.25, -0.2) is 0 Å². The molecule has 0 amide bonds. The molecule has 0 saturated heterocycles. The number of rotatable bonds is 7. The van der Waals surface area contributed by atoms with Crippen LogP contribution in [-0.4, -0.2) is 26.3 Å². The first-order valence-electron chi connectivity index (χ1n) is 6.11. The van der Waals surface area contributed by atoms with Gasteiger partial charge in [-0.15, -0.1) is 6.58 Å². The molecule has 0 unspecified atom stereocenters. The molecule has 0 fully saturated rings. The van der Waals surface area contributed by atoms with Crippen molar-refractivity contribution >= 4 is 5.97 Å². The van der Waals surface area contributed by atoms with Crippen molar-refractivity contribution in [2.45, 2.75) is 25.9 Å². The van der Waals surface area contributed by atoms with Crippen molar-refractivity contribution in [2.24, 2.45) is 0 Å². The summed E-state index contributed by atoms with van der Waals surface area (Å²) in [6.45, 7) is 5.45. The zero-order valence-corrected chi connectivity index (χ0v) is 11.6. The maximum Gasteiger partial charge on any atom is 0.310 e. The van der Waals surface area contributed by atoms with Crippen LogP contribution < -0.4 is 9.47 Å². The molecule has 1 aromatic rings. The quantitative estimate of drug-likeness (QED) is 0.561. The number of methoxy groups -OCH3 is 2. The summed E-state index contributed by atoms with van der Waals surface area (Å²) in [4.78, 5) is 11.8. The molecule has 0 aliphatic rings. The van der Waals surface area contributed by atoms with Crippen molar-refractivity contribution in [3.8, 4) is 11.5 Å². The van der Waals surface area contributed by atoms with E-state index in [2.05, 4.69) is 6.58 Å². The number of ether oxygens (including phenoxy) is 3. The Morgan fingerprint density at radius 2 is 1.84 bits per heavy atom. The third-order valence-corrected chi connectivity index (χ3v) is 2.59. The van der Waals surface area contributed by atoms with Crippen molar-refractivity contribution in [2.75, 3.05) is 14.2 Å². The molecule has 0 aromatic heterocycles. The van der Waals surface area contributed by atoms with Crippen molar-refractivity contribution in [1.29, 1.82) is 0 Å². The minimum Gasteiger partial charge on any atom is -0.497 e. The van der Waals surface area contributed by atoms with E-state index in [0.717, 1.165) is 5.56 Å². The summed E-state index contributed by atoms with van der Waals surface area (Å²) >= 11 is 0. The fraction of sp³-hybridized carbons (Fsp3) is 0.400. The van der Waals surface area contributed by atoms with Crippen molar-refractivity contribution in [3.05, 3.63) is 36.4 Å². The van der Waals surface area contributed by atoms with Gasteiger partial charge in [-0.05, 0) is 24.6 Å². The Balaban J connectivity index is 2.70. The van der Waals surface area contributed by atoms with E-state index in [1.165, 1.54) is 0 Å². The van der Waals surface area contributed by atoms with Crippen LogP contribution in [0.2, 0.25) is 0 Å². The van der Waals surface area contributed by atoms with E-state index in [4.69, 9.17) is 14.2 Å². The van der Waals surface area contributed by atoms with Gasteiger partial charge < -0.3 is 14.2 Å². The standard InChI is InChI=1S/C15H20O4/c1-5-6-11(2)19-15(16)9-12-7-13(17-3)10-14(8-12)18-4/h5,7-8,10-11H,1,6,9H2,2-4H3/t11-/m1/s1. The smallest absolute Gasteiger partial charge is 0.310 e. The zero-order valence-electron chi connectivity index (χ0n) is 11.6. The summed E-state index contributed by atoms with van der Waals surface area (Å²) in [5.74, 6) is 1.03. The molecule has 0 N–H and O–H groups in total. The summed E-state index contributed by atoms with van der Waals surface area (Å²) < 4.78 is 15.6. The van der Waals surface area contributed by atoms with Crippen LogP contribution in [0.25, 0.3) is 0 Å². The van der Waals surface area contributed by atoms with Gasteiger partial charge in [0.2, 0.25) is 0 Å². The molecule has 4 heteroatoms. The Labute approximate surface area is 114 Å². The normalized spacial score (nSPS) is 11.5. The lowest BCUT2D eigenvalue weighted by Gasteiger charge is -2.12. The fourth-order valence-corrected chi connectivity index (χ4v) is 1.68. The second-order valence-electron chi connectivity index (χ2n) is 4.22. The second kappa shape index (κ2) is 7.46. The largest absolute Gasteiger partial charge is 0.497 e. The SMILES string of the molecule is C=CC[C@@H](C)OC(=O)Cc1cc(OC)cc(OC)c1. The molecule has 0 bridgehead atoms. The Bertz CT molecular complexity index is 418. The van der Waals surface area contributed by atoms with E-state index >= 15 is 0 Å². The van der Waals surface area contributed by atoms with Crippen LogP contribution in [-0.2, 0) is 16.0 Å². The molecule has 1 aromatic carbocycles. The molecular formula is C15H20O4. The van der Waals surface area contributed by atoms with Crippen LogP contribution in [0, 0.1) is 0 Å². The first-order valence-corrected chi connectivity index (χ1v) is 6.11. The lowest BCUT2D eigenvalue weighted by molar-refractivity contribution is -0.147. The number of hydrogen-bond donors (Lipinski definition) is 0. The predicted molar refractivity (Wildman–Crippen MR) is 73.6 cm³/mol. The summed E-state index contributed by atoms with van der Waals surface area (Å²) in [5, 5.41) is 0.